The molecule has 1 rings (SSSR count). The van der Waals surface area contributed by atoms with Crippen molar-refractivity contribution >= 4 is 11.6 Å². The maximum atomic E-state index is 13.2. The van der Waals surface area contributed by atoms with Crippen LogP contribution in [0.4, 0.5) is 23.2 Å². The van der Waals surface area contributed by atoms with Crippen molar-refractivity contribution in [1.82, 2.24) is 5.32 Å². The van der Waals surface area contributed by atoms with Gasteiger partial charge in [-0.1, -0.05) is 13.8 Å². The molecule has 0 spiro atoms. The minimum absolute atomic E-state index is 0.0188. The SMILES string of the molecule is CC(C)NCC(=O)Nc1c(F)c(F)cc(F)c1F. The van der Waals surface area contributed by atoms with Gasteiger partial charge in [0.1, 0.15) is 5.69 Å². The highest BCUT2D eigenvalue weighted by atomic mass is 19.2. The first-order chi connectivity index (χ1) is 8.32. The topological polar surface area (TPSA) is 41.1 Å². The molecule has 0 radical (unpaired) electrons. The lowest BCUT2D eigenvalue weighted by molar-refractivity contribution is -0.115. The van der Waals surface area contributed by atoms with Crippen LogP contribution in [0.3, 0.4) is 0 Å². The van der Waals surface area contributed by atoms with E-state index < -0.39 is 34.9 Å². The van der Waals surface area contributed by atoms with Gasteiger partial charge in [0.25, 0.3) is 0 Å². The van der Waals surface area contributed by atoms with E-state index in [0.717, 1.165) is 0 Å². The van der Waals surface area contributed by atoms with E-state index in [0.29, 0.717) is 0 Å². The number of nitrogens with one attached hydrogen (secondary N) is 2. The molecule has 18 heavy (non-hydrogen) atoms. The van der Waals surface area contributed by atoms with Crippen molar-refractivity contribution in [2.45, 2.75) is 19.9 Å². The van der Waals surface area contributed by atoms with Crippen LogP contribution in [0, 0.1) is 23.3 Å². The normalized spacial score (nSPS) is 10.8. The second kappa shape index (κ2) is 5.81. The first kappa shape index (κ1) is 14.4. The minimum atomic E-state index is -1.63. The van der Waals surface area contributed by atoms with Crippen LogP contribution in [0.2, 0.25) is 0 Å². The van der Waals surface area contributed by atoms with Crippen LogP contribution in [0.25, 0.3) is 0 Å². The second-order valence-corrected chi connectivity index (χ2v) is 3.93. The molecule has 3 nitrogen and oxygen atoms in total. The van der Waals surface area contributed by atoms with E-state index in [-0.39, 0.29) is 18.7 Å². The van der Waals surface area contributed by atoms with Crippen molar-refractivity contribution in [3.05, 3.63) is 29.3 Å². The fraction of sp³-hybridized carbons (Fsp3) is 0.364. The Morgan fingerprint density at radius 3 is 2.11 bits per heavy atom. The highest BCUT2D eigenvalue weighted by molar-refractivity contribution is 5.92. The van der Waals surface area contributed by atoms with E-state index >= 15 is 0 Å². The van der Waals surface area contributed by atoms with Gasteiger partial charge in [-0.2, -0.15) is 0 Å². The van der Waals surface area contributed by atoms with Gasteiger partial charge in [-0.3, -0.25) is 4.79 Å². The molecule has 100 valence electrons. The van der Waals surface area contributed by atoms with Crippen LogP contribution in [0.1, 0.15) is 13.8 Å². The third-order valence-electron chi connectivity index (χ3n) is 2.05. The molecule has 1 aromatic rings. The summed E-state index contributed by atoms with van der Waals surface area (Å²) in [5.41, 5.74) is -1.12. The highest BCUT2D eigenvalue weighted by Gasteiger charge is 2.20. The van der Waals surface area contributed by atoms with Gasteiger partial charge in [0.05, 0.1) is 6.54 Å². The Balaban J connectivity index is 2.87. The van der Waals surface area contributed by atoms with Crippen molar-refractivity contribution in [1.29, 1.82) is 0 Å². The fourth-order valence-corrected chi connectivity index (χ4v) is 1.16. The van der Waals surface area contributed by atoms with Crippen LogP contribution in [-0.2, 0) is 4.79 Å². The van der Waals surface area contributed by atoms with E-state index in [1.807, 2.05) is 0 Å². The summed E-state index contributed by atoms with van der Waals surface area (Å²) < 4.78 is 52.0. The smallest absolute Gasteiger partial charge is 0.238 e. The number of rotatable bonds is 4. The molecule has 0 bridgehead atoms. The van der Waals surface area contributed by atoms with Gasteiger partial charge in [-0.05, 0) is 0 Å². The summed E-state index contributed by atoms with van der Waals surface area (Å²) in [5.74, 6) is -7.20. The Hall–Kier alpha value is -1.63. The molecule has 0 aromatic heterocycles. The highest BCUT2D eigenvalue weighted by Crippen LogP contribution is 2.23. The van der Waals surface area contributed by atoms with Gasteiger partial charge in [-0.15, -0.1) is 0 Å². The molecule has 0 aliphatic heterocycles. The van der Waals surface area contributed by atoms with Crippen molar-refractivity contribution < 1.29 is 22.4 Å². The quantitative estimate of drug-likeness (QED) is 0.646. The Bertz CT molecular complexity index is 437. The third-order valence-corrected chi connectivity index (χ3v) is 2.05. The van der Waals surface area contributed by atoms with Gasteiger partial charge < -0.3 is 10.6 Å². The lowest BCUT2D eigenvalue weighted by atomic mass is 10.2. The molecule has 0 unspecified atom stereocenters. The molecular formula is C11H12F4N2O. The van der Waals surface area contributed by atoms with E-state index in [4.69, 9.17) is 0 Å². The maximum Gasteiger partial charge on any atom is 0.238 e. The number of carbonyl (C=O) groups excluding carboxylic acids is 1. The number of hydrogen-bond acceptors (Lipinski definition) is 2. The summed E-state index contributed by atoms with van der Waals surface area (Å²) in [4.78, 5) is 11.3. The van der Waals surface area contributed by atoms with Gasteiger partial charge in [-0.25, -0.2) is 17.6 Å². The minimum Gasteiger partial charge on any atom is -0.320 e. The molecule has 0 aliphatic carbocycles. The molecule has 2 N–H and O–H groups in total. The Kier molecular flexibility index (Phi) is 4.66. The number of hydrogen-bond donors (Lipinski definition) is 2. The van der Waals surface area contributed by atoms with Gasteiger partial charge in [0.2, 0.25) is 5.91 Å². The molecule has 0 saturated carbocycles. The van der Waals surface area contributed by atoms with Crippen LogP contribution < -0.4 is 10.6 Å². The zero-order valence-corrected chi connectivity index (χ0v) is 9.78. The molecule has 0 saturated heterocycles. The first-order valence-electron chi connectivity index (χ1n) is 5.19. The average Bonchev–Trinajstić information content (AvgIpc) is 2.29. The molecule has 0 atom stereocenters. The second-order valence-electron chi connectivity index (χ2n) is 3.93. The number of carbonyl (C=O) groups is 1. The van der Waals surface area contributed by atoms with Crippen LogP contribution in [0.5, 0.6) is 0 Å². The first-order valence-corrected chi connectivity index (χ1v) is 5.19. The van der Waals surface area contributed by atoms with E-state index in [9.17, 15) is 22.4 Å². The zero-order valence-electron chi connectivity index (χ0n) is 9.78. The largest absolute Gasteiger partial charge is 0.320 e. The Morgan fingerprint density at radius 2 is 1.67 bits per heavy atom. The van der Waals surface area contributed by atoms with Crippen molar-refractivity contribution in [3.8, 4) is 0 Å². The fourth-order valence-electron chi connectivity index (χ4n) is 1.16. The summed E-state index contributed by atoms with van der Waals surface area (Å²) in [7, 11) is 0. The summed E-state index contributed by atoms with van der Waals surface area (Å²) in [6, 6.07) is 0.0573. The lowest BCUT2D eigenvalue weighted by Crippen LogP contribution is -2.33. The number of benzene rings is 1. The van der Waals surface area contributed by atoms with Crippen molar-refractivity contribution in [2.24, 2.45) is 0 Å². The van der Waals surface area contributed by atoms with Crippen LogP contribution in [-0.4, -0.2) is 18.5 Å². The Labute approximate surface area is 101 Å². The molecule has 1 amide bonds. The standard InChI is InChI=1S/C11H12F4N2O/c1-5(2)16-4-8(18)17-11-9(14)6(12)3-7(13)10(11)15/h3,5,16H,4H2,1-2H3,(H,17,18). The van der Waals surface area contributed by atoms with Crippen molar-refractivity contribution in [3.63, 3.8) is 0 Å². The molecule has 7 heteroatoms. The van der Waals surface area contributed by atoms with E-state index in [1.165, 1.54) is 0 Å². The van der Waals surface area contributed by atoms with E-state index in [2.05, 4.69) is 5.32 Å². The van der Waals surface area contributed by atoms with Crippen molar-refractivity contribution in [2.75, 3.05) is 11.9 Å². The molecule has 0 heterocycles. The summed E-state index contributed by atoms with van der Waals surface area (Å²) in [5, 5.41) is 4.47. The van der Waals surface area contributed by atoms with Gasteiger partial charge in [0.15, 0.2) is 23.3 Å². The predicted octanol–water partition coefficient (Wildman–Crippen LogP) is 2.18. The van der Waals surface area contributed by atoms with Gasteiger partial charge in [0, 0.05) is 12.1 Å². The zero-order chi connectivity index (χ0) is 13.9. The Morgan fingerprint density at radius 1 is 1.17 bits per heavy atom. The van der Waals surface area contributed by atoms with Crippen LogP contribution in [0.15, 0.2) is 6.07 Å². The molecule has 1 aromatic carbocycles. The maximum absolute atomic E-state index is 13.2. The lowest BCUT2D eigenvalue weighted by Gasteiger charge is -2.10. The predicted molar refractivity (Wildman–Crippen MR) is 58.0 cm³/mol. The monoisotopic (exact) mass is 264 g/mol. The third kappa shape index (κ3) is 3.43. The molecule has 0 aliphatic rings. The molecular weight excluding hydrogens is 252 g/mol. The average molecular weight is 264 g/mol. The molecule has 0 fully saturated rings. The number of halogens is 4. The summed E-state index contributed by atoms with van der Waals surface area (Å²) >= 11 is 0. The summed E-state index contributed by atoms with van der Waals surface area (Å²) in [6.45, 7) is 3.29. The van der Waals surface area contributed by atoms with E-state index in [1.54, 1.807) is 19.2 Å². The summed E-state index contributed by atoms with van der Waals surface area (Å²) in [6.07, 6.45) is 0. The van der Waals surface area contributed by atoms with Crippen LogP contribution >= 0.6 is 0 Å². The van der Waals surface area contributed by atoms with Gasteiger partial charge >= 0.3 is 0 Å². The number of anilines is 1. The number of amides is 1.